The van der Waals surface area contributed by atoms with E-state index in [0.29, 0.717) is 12.1 Å². The van der Waals surface area contributed by atoms with Crippen molar-refractivity contribution in [1.82, 2.24) is 15.5 Å². The number of likely N-dealkylation sites (tertiary alicyclic amines) is 1. The lowest BCUT2D eigenvalue weighted by Gasteiger charge is -2.38. The van der Waals surface area contributed by atoms with E-state index in [0.717, 1.165) is 18.5 Å². The molecule has 1 aliphatic heterocycles. The first-order valence-corrected chi connectivity index (χ1v) is 8.43. The van der Waals surface area contributed by atoms with Crippen molar-refractivity contribution in [2.45, 2.75) is 76.9 Å². The van der Waals surface area contributed by atoms with E-state index in [2.05, 4.69) is 34.4 Å². The standard InChI is InChI=1S/C16H32N4/c1-13-8-6-7-11-20(13)14(2)12-18-16(17-3)19-15-9-4-5-10-15/h13-15H,4-12H2,1-3H3,(H2,17,18,19). The molecule has 1 saturated heterocycles. The average Bonchev–Trinajstić information content (AvgIpc) is 2.96. The average molecular weight is 280 g/mol. The molecular formula is C16H32N4. The first kappa shape index (κ1) is 15.6. The van der Waals surface area contributed by atoms with Gasteiger partial charge in [0.2, 0.25) is 0 Å². The Morgan fingerprint density at radius 3 is 2.55 bits per heavy atom. The molecule has 2 N–H and O–H groups in total. The lowest BCUT2D eigenvalue weighted by atomic mass is 10.0. The Labute approximate surface area is 124 Å². The van der Waals surface area contributed by atoms with Crippen LogP contribution in [0.5, 0.6) is 0 Å². The minimum Gasteiger partial charge on any atom is -0.355 e. The van der Waals surface area contributed by atoms with Crippen LogP contribution < -0.4 is 10.6 Å². The summed E-state index contributed by atoms with van der Waals surface area (Å²) in [5, 5.41) is 7.07. The molecular weight excluding hydrogens is 248 g/mol. The number of guanidine groups is 1. The van der Waals surface area contributed by atoms with E-state index in [-0.39, 0.29) is 0 Å². The highest BCUT2D eigenvalue weighted by Crippen LogP contribution is 2.19. The van der Waals surface area contributed by atoms with E-state index in [1.165, 1.54) is 51.5 Å². The molecule has 1 saturated carbocycles. The molecule has 0 radical (unpaired) electrons. The molecule has 0 amide bonds. The van der Waals surface area contributed by atoms with Gasteiger partial charge in [0.1, 0.15) is 0 Å². The number of aliphatic imine (C=N–C) groups is 1. The molecule has 2 rings (SSSR count). The molecule has 4 nitrogen and oxygen atoms in total. The Balaban J connectivity index is 1.74. The van der Waals surface area contributed by atoms with Gasteiger partial charge in [0.15, 0.2) is 5.96 Å². The minimum atomic E-state index is 0.576. The quantitative estimate of drug-likeness (QED) is 0.613. The van der Waals surface area contributed by atoms with Gasteiger partial charge in [-0.15, -0.1) is 0 Å². The van der Waals surface area contributed by atoms with E-state index < -0.39 is 0 Å². The van der Waals surface area contributed by atoms with Crippen molar-refractivity contribution in [3.05, 3.63) is 0 Å². The zero-order chi connectivity index (χ0) is 14.4. The number of nitrogens with one attached hydrogen (secondary N) is 2. The van der Waals surface area contributed by atoms with Gasteiger partial charge >= 0.3 is 0 Å². The molecule has 2 atom stereocenters. The Hall–Kier alpha value is -0.770. The van der Waals surface area contributed by atoms with Gasteiger partial charge in [-0.2, -0.15) is 0 Å². The van der Waals surface area contributed by atoms with Crippen LogP contribution in [0.3, 0.4) is 0 Å². The van der Waals surface area contributed by atoms with Crippen LogP contribution in [-0.4, -0.2) is 49.1 Å². The Bertz CT molecular complexity index is 310. The third-order valence-corrected chi connectivity index (χ3v) is 4.91. The van der Waals surface area contributed by atoms with Crippen LogP contribution in [0, 0.1) is 0 Å². The summed E-state index contributed by atoms with van der Waals surface area (Å²) in [5.74, 6) is 0.980. The Morgan fingerprint density at radius 1 is 1.20 bits per heavy atom. The molecule has 0 bridgehead atoms. The van der Waals surface area contributed by atoms with Crippen molar-refractivity contribution < 1.29 is 0 Å². The van der Waals surface area contributed by atoms with E-state index in [1.54, 1.807) is 0 Å². The van der Waals surface area contributed by atoms with Gasteiger partial charge in [-0.1, -0.05) is 19.3 Å². The number of nitrogens with zero attached hydrogens (tertiary/aromatic N) is 2. The minimum absolute atomic E-state index is 0.576. The van der Waals surface area contributed by atoms with Gasteiger partial charge < -0.3 is 10.6 Å². The van der Waals surface area contributed by atoms with Crippen LogP contribution >= 0.6 is 0 Å². The van der Waals surface area contributed by atoms with Gasteiger partial charge in [-0.3, -0.25) is 9.89 Å². The van der Waals surface area contributed by atoms with E-state index in [9.17, 15) is 0 Å². The third-order valence-electron chi connectivity index (χ3n) is 4.91. The predicted molar refractivity (Wildman–Crippen MR) is 86.2 cm³/mol. The summed E-state index contributed by atoms with van der Waals surface area (Å²) >= 11 is 0. The first-order chi connectivity index (χ1) is 9.70. The highest BCUT2D eigenvalue weighted by molar-refractivity contribution is 5.80. The lowest BCUT2D eigenvalue weighted by Crippen LogP contribution is -2.51. The summed E-state index contributed by atoms with van der Waals surface area (Å²) in [5.41, 5.74) is 0. The van der Waals surface area contributed by atoms with Crippen molar-refractivity contribution in [1.29, 1.82) is 0 Å². The Kier molecular flexibility index (Phi) is 6.14. The molecule has 0 aromatic heterocycles. The monoisotopic (exact) mass is 280 g/mol. The van der Waals surface area contributed by atoms with Crippen LogP contribution in [0.4, 0.5) is 0 Å². The fourth-order valence-corrected chi connectivity index (χ4v) is 3.59. The molecule has 2 fully saturated rings. The van der Waals surface area contributed by atoms with Crippen molar-refractivity contribution in [3.63, 3.8) is 0 Å². The number of hydrogen-bond acceptors (Lipinski definition) is 2. The predicted octanol–water partition coefficient (Wildman–Crippen LogP) is 2.36. The van der Waals surface area contributed by atoms with Gasteiger partial charge in [0.05, 0.1) is 0 Å². The summed E-state index contributed by atoms with van der Waals surface area (Å²) in [6, 6.07) is 1.93. The van der Waals surface area contributed by atoms with Crippen molar-refractivity contribution in [3.8, 4) is 0 Å². The second-order valence-electron chi connectivity index (χ2n) is 6.51. The van der Waals surface area contributed by atoms with Gasteiger partial charge in [-0.05, 0) is 46.1 Å². The summed E-state index contributed by atoms with van der Waals surface area (Å²) in [6.07, 6.45) is 9.39. The number of hydrogen-bond donors (Lipinski definition) is 2. The maximum absolute atomic E-state index is 4.36. The van der Waals surface area contributed by atoms with Gasteiger partial charge in [0, 0.05) is 31.7 Å². The summed E-state index contributed by atoms with van der Waals surface area (Å²) in [7, 11) is 1.87. The molecule has 0 spiro atoms. The summed E-state index contributed by atoms with van der Waals surface area (Å²) < 4.78 is 0. The molecule has 1 aliphatic carbocycles. The summed E-state index contributed by atoms with van der Waals surface area (Å²) in [6.45, 7) is 6.92. The van der Waals surface area contributed by atoms with Crippen LogP contribution in [0.1, 0.15) is 58.8 Å². The fraction of sp³-hybridized carbons (Fsp3) is 0.938. The smallest absolute Gasteiger partial charge is 0.191 e. The normalized spacial score (nSPS) is 27.6. The number of piperidine rings is 1. The maximum atomic E-state index is 4.36. The molecule has 0 aromatic rings. The van der Waals surface area contributed by atoms with E-state index >= 15 is 0 Å². The van der Waals surface area contributed by atoms with E-state index in [4.69, 9.17) is 0 Å². The molecule has 2 aliphatic rings. The molecule has 2 unspecified atom stereocenters. The second kappa shape index (κ2) is 7.87. The van der Waals surface area contributed by atoms with Crippen LogP contribution in [0.2, 0.25) is 0 Å². The molecule has 1 heterocycles. The van der Waals surface area contributed by atoms with Crippen molar-refractivity contribution in [2.75, 3.05) is 20.1 Å². The largest absolute Gasteiger partial charge is 0.355 e. The zero-order valence-electron chi connectivity index (χ0n) is 13.5. The van der Waals surface area contributed by atoms with Crippen LogP contribution in [0.25, 0.3) is 0 Å². The van der Waals surface area contributed by atoms with E-state index in [1.807, 2.05) is 7.05 Å². The molecule has 20 heavy (non-hydrogen) atoms. The topological polar surface area (TPSA) is 39.7 Å². The highest BCUT2D eigenvalue weighted by Gasteiger charge is 2.23. The second-order valence-corrected chi connectivity index (χ2v) is 6.51. The van der Waals surface area contributed by atoms with Crippen molar-refractivity contribution in [2.24, 2.45) is 4.99 Å². The zero-order valence-corrected chi connectivity index (χ0v) is 13.5. The fourth-order valence-electron chi connectivity index (χ4n) is 3.59. The first-order valence-electron chi connectivity index (χ1n) is 8.43. The summed E-state index contributed by atoms with van der Waals surface area (Å²) in [4.78, 5) is 7.00. The lowest BCUT2D eigenvalue weighted by molar-refractivity contribution is 0.115. The number of rotatable bonds is 4. The SMILES string of the molecule is CN=C(NCC(C)N1CCCCC1C)NC1CCCC1. The Morgan fingerprint density at radius 2 is 1.90 bits per heavy atom. The highest BCUT2D eigenvalue weighted by atomic mass is 15.2. The van der Waals surface area contributed by atoms with Crippen molar-refractivity contribution >= 4 is 5.96 Å². The van der Waals surface area contributed by atoms with Crippen LogP contribution in [0.15, 0.2) is 4.99 Å². The van der Waals surface area contributed by atoms with Gasteiger partial charge in [0.25, 0.3) is 0 Å². The van der Waals surface area contributed by atoms with Crippen LogP contribution in [-0.2, 0) is 0 Å². The van der Waals surface area contributed by atoms with Gasteiger partial charge in [-0.25, -0.2) is 0 Å². The maximum Gasteiger partial charge on any atom is 0.191 e. The molecule has 4 heteroatoms. The third kappa shape index (κ3) is 4.37. The molecule has 0 aromatic carbocycles. The molecule has 116 valence electrons.